The van der Waals surface area contributed by atoms with Gasteiger partial charge >= 0.3 is 0 Å². The van der Waals surface area contributed by atoms with E-state index in [2.05, 4.69) is 18.0 Å². The van der Waals surface area contributed by atoms with Crippen molar-refractivity contribution in [3.8, 4) is 0 Å². The molecule has 0 unspecified atom stereocenters. The van der Waals surface area contributed by atoms with E-state index in [1.807, 2.05) is 18.2 Å². The van der Waals surface area contributed by atoms with Crippen LogP contribution in [0.25, 0.3) is 0 Å². The molecule has 0 aliphatic carbocycles. The van der Waals surface area contributed by atoms with Gasteiger partial charge in [-0.25, -0.2) is 0 Å². The van der Waals surface area contributed by atoms with Crippen molar-refractivity contribution in [2.45, 2.75) is 19.4 Å². The molecule has 0 atom stereocenters. The number of amidine groups is 1. The maximum absolute atomic E-state index is 7.13. The van der Waals surface area contributed by atoms with E-state index >= 15 is 0 Å². The van der Waals surface area contributed by atoms with Gasteiger partial charge in [0.1, 0.15) is 0 Å². The van der Waals surface area contributed by atoms with Gasteiger partial charge in [0.15, 0.2) is 0 Å². The van der Waals surface area contributed by atoms with Gasteiger partial charge in [-0.05, 0) is 37.7 Å². The van der Waals surface area contributed by atoms with Gasteiger partial charge in [0, 0.05) is 18.0 Å². The van der Waals surface area contributed by atoms with Crippen LogP contribution in [-0.2, 0) is 6.54 Å². The summed E-state index contributed by atoms with van der Waals surface area (Å²) in [6.07, 6.45) is 1.59. The van der Waals surface area contributed by atoms with E-state index in [4.69, 9.17) is 22.7 Å². The van der Waals surface area contributed by atoms with E-state index in [0.717, 1.165) is 24.5 Å². The third-order valence-electron chi connectivity index (χ3n) is 2.33. The first-order valence-corrected chi connectivity index (χ1v) is 5.71. The number of benzene rings is 1. The standard InChI is InChI=1S/C12H18ClN3/c1-16(7-3-6-12(14)15)9-10-4-2-5-11(13)8-10/h2,4-5,8H,3,6-7,9H2,1H3,(H3,14,15). The molecular formula is C12H18ClN3. The van der Waals surface area contributed by atoms with Gasteiger partial charge in [0.2, 0.25) is 0 Å². The Morgan fingerprint density at radius 2 is 2.25 bits per heavy atom. The number of hydrogen-bond acceptors (Lipinski definition) is 2. The quantitative estimate of drug-likeness (QED) is 0.592. The highest BCUT2D eigenvalue weighted by atomic mass is 35.5. The average Bonchev–Trinajstić information content (AvgIpc) is 2.16. The predicted octanol–water partition coefficient (Wildman–Crippen LogP) is 2.49. The van der Waals surface area contributed by atoms with Crippen molar-refractivity contribution in [2.24, 2.45) is 5.73 Å². The molecule has 0 aliphatic heterocycles. The van der Waals surface area contributed by atoms with Crippen LogP contribution >= 0.6 is 11.6 Å². The molecule has 3 nitrogen and oxygen atoms in total. The van der Waals surface area contributed by atoms with Crippen molar-refractivity contribution in [3.63, 3.8) is 0 Å². The third-order valence-corrected chi connectivity index (χ3v) is 2.56. The summed E-state index contributed by atoms with van der Waals surface area (Å²) in [7, 11) is 2.06. The molecule has 1 aromatic rings. The largest absolute Gasteiger partial charge is 0.388 e. The number of nitrogens with zero attached hydrogens (tertiary/aromatic N) is 1. The summed E-state index contributed by atoms with van der Waals surface area (Å²) in [5.41, 5.74) is 6.50. The minimum absolute atomic E-state index is 0.260. The summed E-state index contributed by atoms with van der Waals surface area (Å²) < 4.78 is 0. The second-order valence-electron chi connectivity index (χ2n) is 4.00. The summed E-state index contributed by atoms with van der Waals surface area (Å²) in [4.78, 5) is 2.20. The van der Waals surface area contributed by atoms with Crippen molar-refractivity contribution in [1.29, 1.82) is 5.41 Å². The molecular weight excluding hydrogens is 222 g/mol. The monoisotopic (exact) mass is 239 g/mol. The Kier molecular flexibility index (Phi) is 5.29. The Bertz CT molecular complexity index is 352. The van der Waals surface area contributed by atoms with Gasteiger partial charge in [0.05, 0.1) is 5.84 Å². The first-order valence-electron chi connectivity index (χ1n) is 5.34. The molecule has 16 heavy (non-hydrogen) atoms. The maximum Gasteiger partial charge on any atom is 0.0905 e. The molecule has 3 N–H and O–H groups in total. The summed E-state index contributed by atoms with van der Waals surface area (Å²) in [6, 6.07) is 7.87. The zero-order chi connectivity index (χ0) is 12.0. The molecule has 0 fully saturated rings. The zero-order valence-electron chi connectivity index (χ0n) is 9.54. The van der Waals surface area contributed by atoms with Crippen LogP contribution in [0.3, 0.4) is 0 Å². The van der Waals surface area contributed by atoms with Gasteiger partial charge < -0.3 is 10.6 Å². The minimum atomic E-state index is 0.260. The lowest BCUT2D eigenvalue weighted by molar-refractivity contribution is 0.324. The molecule has 0 saturated carbocycles. The Morgan fingerprint density at radius 1 is 1.50 bits per heavy atom. The molecule has 1 aromatic carbocycles. The fourth-order valence-corrected chi connectivity index (χ4v) is 1.78. The lowest BCUT2D eigenvalue weighted by atomic mass is 10.2. The highest BCUT2D eigenvalue weighted by molar-refractivity contribution is 6.30. The van der Waals surface area contributed by atoms with Crippen molar-refractivity contribution in [1.82, 2.24) is 4.90 Å². The van der Waals surface area contributed by atoms with E-state index in [0.29, 0.717) is 6.42 Å². The highest BCUT2D eigenvalue weighted by Gasteiger charge is 2.01. The molecule has 1 rings (SSSR count). The Balaban J connectivity index is 2.33. The van der Waals surface area contributed by atoms with Crippen LogP contribution in [0.5, 0.6) is 0 Å². The fraction of sp³-hybridized carbons (Fsp3) is 0.417. The van der Waals surface area contributed by atoms with E-state index < -0.39 is 0 Å². The smallest absolute Gasteiger partial charge is 0.0905 e. The topological polar surface area (TPSA) is 53.1 Å². The van der Waals surface area contributed by atoms with Crippen LogP contribution in [0.1, 0.15) is 18.4 Å². The van der Waals surface area contributed by atoms with Crippen LogP contribution in [0.4, 0.5) is 0 Å². The lowest BCUT2D eigenvalue weighted by Gasteiger charge is -2.16. The average molecular weight is 240 g/mol. The van der Waals surface area contributed by atoms with Gasteiger partial charge in [0.25, 0.3) is 0 Å². The fourth-order valence-electron chi connectivity index (χ4n) is 1.57. The molecule has 0 saturated heterocycles. The van der Waals surface area contributed by atoms with Gasteiger partial charge in [-0.15, -0.1) is 0 Å². The van der Waals surface area contributed by atoms with Gasteiger partial charge in [-0.1, -0.05) is 23.7 Å². The molecule has 88 valence electrons. The summed E-state index contributed by atoms with van der Waals surface area (Å²) in [5, 5.41) is 7.90. The molecule has 0 spiro atoms. The molecule has 0 bridgehead atoms. The van der Waals surface area contributed by atoms with Gasteiger partial charge in [-0.3, -0.25) is 5.41 Å². The third kappa shape index (κ3) is 5.14. The zero-order valence-corrected chi connectivity index (χ0v) is 10.3. The van der Waals surface area contributed by atoms with Gasteiger partial charge in [-0.2, -0.15) is 0 Å². The van der Waals surface area contributed by atoms with Crippen molar-refractivity contribution >= 4 is 17.4 Å². The molecule has 0 aliphatic rings. The summed E-state index contributed by atoms with van der Waals surface area (Å²) in [5.74, 6) is 0.260. The first-order chi connectivity index (χ1) is 7.58. The van der Waals surface area contributed by atoms with E-state index in [-0.39, 0.29) is 5.84 Å². The summed E-state index contributed by atoms with van der Waals surface area (Å²) in [6.45, 7) is 1.81. The number of nitrogens with one attached hydrogen (secondary N) is 1. The second-order valence-corrected chi connectivity index (χ2v) is 4.43. The van der Waals surface area contributed by atoms with Crippen LogP contribution in [0, 0.1) is 5.41 Å². The predicted molar refractivity (Wildman–Crippen MR) is 68.9 cm³/mol. The van der Waals surface area contributed by atoms with E-state index in [9.17, 15) is 0 Å². The maximum atomic E-state index is 7.13. The van der Waals surface area contributed by atoms with Crippen LogP contribution in [0.15, 0.2) is 24.3 Å². The van der Waals surface area contributed by atoms with Crippen LogP contribution in [0.2, 0.25) is 5.02 Å². The highest BCUT2D eigenvalue weighted by Crippen LogP contribution is 2.12. The Hall–Kier alpha value is -1.06. The Morgan fingerprint density at radius 3 is 2.88 bits per heavy atom. The second kappa shape index (κ2) is 6.51. The van der Waals surface area contributed by atoms with Crippen molar-refractivity contribution in [2.75, 3.05) is 13.6 Å². The molecule has 4 heteroatoms. The SMILES string of the molecule is CN(CCCC(=N)N)Cc1cccc(Cl)c1. The van der Waals surface area contributed by atoms with E-state index in [1.165, 1.54) is 5.56 Å². The number of hydrogen-bond donors (Lipinski definition) is 2. The number of nitrogens with two attached hydrogens (primary N) is 1. The first kappa shape index (κ1) is 13.0. The number of rotatable bonds is 6. The van der Waals surface area contributed by atoms with Crippen molar-refractivity contribution in [3.05, 3.63) is 34.9 Å². The number of halogens is 1. The van der Waals surface area contributed by atoms with Crippen molar-refractivity contribution < 1.29 is 0 Å². The minimum Gasteiger partial charge on any atom is -0.388 e. The molecule has 0 radical (unpaired) electrons. The van der Waals surface area contributed by atoms with E-state index in [1.54, 1.807) is 0 Å². The summed E-state index contributed by atoms with van der Waals surface area (Å²) >= 11 is 5.91. The normalized spacial score (nSPS) is 10.7. The lowest BCUT2D eigenvalue weighted by Crippen LogP contribution is -2.21. The molecule has 0 aromatic heterocycles. The molecule has 0 amide bonds. The molecule has 0 heterocycles. The van der Waals surface area contributed by atoms with Crippen LogP contribution < -0.4 is 5.73 Å². The van der Waals surface area contributed by atoms with Crippen LogP contribution in [-0.4, -0.2) is 24.3 Å². The Labute approximate surface area is 102 Å².